The van der Waals surface area contributed by atoms with Crippen molar-refractivity contribution in [2.75, 3.05) is 65.6 Å². The minimum Gasteiger partial charge on any atom is -0.467 e. The van der Waals surface area contributed by atoms with Gasteiger partial charge in [-0.25, -0.2) is 0 Å². The zero-order valence-corrected chi connectivity index (χ0v) is 16.6. The molecule has 3 fully saturated rings. The summed E-state index contributed by atoms with van der Waals surface area (Å²) in [5, 5.41) is 0. The molecule has 3 aliphatic heterocycles. The highest BCUT2D eigenvalue weighted by molar-refractivity contribution is 5.89. The lowest BCUT2D eigenvalue weighted by Gasteiger charge is -2.37. The first kappa shape index (κ1) is 19.9. The summed E-state index contributed by atoms with van der Waals surface area (Å²) in [6.45, 7) is 6.30. The molecule has 9 heteroatoms. The Balaban J connectivity index is 1.23. The van der Waals surface area contributed by atoms with Crippen LogP contribution in [0.15, 0.2) is 22.8 Å². The van der Waals surface area contributed by atoms with Crippen molar-refractivity contribution in [2.24, 2.45) is 5.92 Å². The lowest BCUT2D eigenvalue weighted by atomic mass is 10.1. The van der Waals surface area contributed by atoms with E-state index in [0.29, 0.717) is 59.0 Å². The molecule has 3 saturated heterocycles. The molecule has 3 aliphatic rings. The van der Waals surface area contributed by atoms with Crippen molar-refractivity contribution < 1.29 is 23.5 Å². The predicted molar refractivity (Wildman–Crippen MR) is 103 cm³/mol. The molecule has 4 heterocycles. The van der Waals surface area contributed by atoms with Gasteiger partial charge in [0.15, 0.2) is 0 Å². The van der Waals surface area contributed by atoms with Gasteiger partial charge in [-0.1, -0.05) is 0 Å². The quantitative estimate of drug-likeness (QED) is 0.666. The summed E-state index contributed by atoms with van der Waals surface area (Å²) < 4.78 is 10.6. The molecule has 0 aliphatic carbocycles. The van der Waals surface area contributed by atoms with Crippen molar-refractivity contribution in [3.8, 4) is 0 Å². The van der Waals surface area contributed by atoms with E-state index < -0.39 is 0 Å². The van der Waals surface area contributed by atoms with Gasteiger partial charge in [-0.05, 0) is 12.1 Å². The summed E-state index contributed by atoms with van der Waals surface area (Å²) >= 11 is 0. The van der Waals surface area contributed by atoms with Gasteiger partial charge >= 0.3 is 0 Å². The number of hydrogen-bond acceptors (Lipinski definition) is 6. The average Bonchev–Trinajstić information content (AvgIpc) is 3.39. The summed E-state index contributed by atoms with van der Waals surface area (Å²) in [4.78, 5) is 45.1. The molecule has 1 unspecified atom stereocenters. The number of carbonyl (C=O) groups excluding carboxylic acids is 3. The standard InChI is InChI=1S/C20H28N4O5/c25-18-12-16(13-24(18)14-17-2-1-9-29-17)20(27)23-5-3-22(4-6-23)19(26)15-21-7-10-28-11-8-21/h1-2,9,16H,3-8,10-15H2. The number of piperazine rings is 1. The van der Waals surface area contributed by atoms with E-state index in [-0.39, 0.29) is 30.1 Å². The van der Waals surface area contributed by atoms with Crippen LogP contribution >= 0.6 is 0 Å². The molecular weight excluding hydrogens is 376 g/mol. The third-order valence-corrected chi connectivity index (χ3v) is 5.90. The van der Waals surface area contributed by atoms with Crippen LogP contribution in [-0.2, 0) is 25.7 Å². The number of likely N-dealkylation sites (tertiary alicyclic amines) is 1. The average molecular weight is 404 g/mol. The van der Waals surface area contributed by atoms with E-state index in [1.807, 2.05) is 11.0 Å². The zero-order chi connectivity index (χ0) is 20.2. The molecule has 158 valence electrons. The number of morpholine rings is 1. The number of furan rings is 1. The molecule has 3 amide bonds. The molecule has 0 bridgehead atoms. The van der Waals surface area contributed by atoms with Crippen LogP contribution in [0.4, 0.5) is 0 Å². The predicted octanol–water partition coefficient (Wildman–Crippen LogP) is -0.369. The highest BCUT2D eigenvalue weighted by Crippen LogP contribution is 2.23. The largest absolute Gasteiger partial charge is 0.467 e. The first-order valence-electron chi connectivity index (χ1n) is 10.3. The van der Waals surface area contributed by atoms with E-state index in [2.05, 4.69) is 4.90 Å². The molecule has 29 heavy (non-hydrogen) atoms. The van der Waals surface area contributed by atoms with Gasteiger partial charge < -0.3 is 23.9 Å². The fraction of sp³-hybridized carbons (Fsp3) is 0.650. The molecule has 9 nitrogen and oxygen atoms in total. The number of hydrogen-bond donors (Lipinski definition) is 0. The Hall–Kier alpha value is -2.39. The fourth-order valence-electron chi connectivity index (χ4n) is 4.17. The van der Waals surface area contributed by atoms with E-state index in [0.717, 1.165) is 18.8 Å². The molecule has 0 aromatic carbocycles. The first-order valence-corrected chi connectivity index (χ1v) is 10.3. The maximum Gasteiger partial charge on any atom is 0.236 e. The van der Waals surface area contributed by atoms with Gasteiger partial charge in [0, 0.05) is 52.2 Å². The van der Waals surface area contributed by atoms with E-state index in [4.69, 9.17) is 9.15 Å². The normalized spacial score (nSPS) is 23.7. The highest BCUT2D eigenvalue weighted by Gasteiger charge is 2.38. The van der Waals surface area contributed by atoms with Gasteiger partial charge in [0.05, 0.1) is 38.5 Å². The fourth-order valence-corrected chi connectivity index (χ4v) is 4.17. The van der Waals surface area contributed by atoms with Gasteiger partial charge in [-0.2, -0.15) is 0 Å². The first-order chi connectivity index (χ1) is 14.1. The van der Waals surface area contributed by atoms with E-state index in [9.17, 15) is 14.4 Å². The van der Waals surface area contributed by atoms with E-state index in [1.165, 1.54) is 0 Å². The number of nitrogens with zero attached hydrogens (tertiary/aromatic N) is 4. The monoisotopic (exact) mass is 404 g/mol. The third kappa shape index (κ3) is 4.79. The number of ether oxygens (including phenoxy) is 1. The Bertz CT molecular complexity index is 723. The van der Waals surface area contributed by atoms with Gasteiger partial charge in [0.1, 0.15) is 5.76 Å². The summed E-state index contributed by atoms with van der Waals surface area (Å²) in [6.07, 6.45) is 1.83. The minimum absolute atomic E-state index is 0.0144. The number of rotatable bonds is 5. The molecular formula is C20H28N4O5. The smallest absolute Gasteiger partial charge is 0.236 e. The van der Waals surface area contributed by atoms with Crippen LogP contribution in [0.5, 0.6) is 0 Å². The van der Waals surface area contributed by atoms with Crippen LogP contribution < -0.4 is 0 Å². The van der Waals surface area contributed by atoms with Crippen molar-refractivity contribution >= 4 is 17.7 Å². The minimum atomic E-state index is -0.312. The molecule has 0 spiro atoms. The van der Waals surface area contributed by atoms with E-state index in [1.54, 1.807) is 22.1 Å². The van der Waals surface area contributed by atoms with Crippen LogP contribution in [0.25, 0.3) is 0 Å². The van der Waals surface area contributed by atoms with Crippen molar-refractivity contribution in [3.63, 3.8) is 0 Å². The SMILES string of the molecule is O=C(CN1CCOCC1)N1CCN(C(=O)C2CC(=O)N(Cc3ccco3)C2)CC1. The molecule has 1 aromatic heterocycles. The number of carbonyl (C=O) groups is 3. The molecule has 0 radical (unpaired) electrons. The van der Waals surface area contributed by atoms with Gasteiger partial charge in [-0.3, -0.25) is 19.3 Å². The van der Waals surface area contributed by atoms with Crippen LogP contribution in [0.1, 0.15) is 12.2 Å². The Morgan fingerprint density at radius 1 is 1.03 bits per heavy atom. The lowest BCUT2D eigenvalue weighted by molar-refractivity contribution is -0.142. The summed E-state index contributed by atoms with van der Waals surface area (Å²) in [6, 6.07) is 3.62. The van der Waals surface area contributed by atoms with Crippen LogP contribution in [-0.4, -0.2) is 103 Å². The highest BCUT2D eigenvalue weighted by atomic mass is 16.5. The van der Waals surface area contributed by atoms with E-state index >= 15 is 0 Å². The van der Waals surface area contributed by atoms with Crippen LogP contribution in [0, 0.1) is 5.92 Å². The molecule has 0 saturated carbocycles. The zero-order valence-electron chi connectivity index (χ0n) is 16.6. The van der Waals surface area contributed by atoms with Crippen LogP contribution in [0.3, 0.4) is 0 Å². The van der Waals surface area contributed by atoms with Crippen LogP contribution in [0.2, 0.25) is 0 Å². The van der Waals surface area contributed by atoms with Crippen molar-refractivity contribution in [3.05, 3.63) is 24.2 Å². The molecule has 1 aromatic rings. The second-order valence-corrected chi connectivity index (χ2v) is 7.85. The summed E-state index contributed by atoms with van der Waals surface area (Å²) in [5.74, 6) is 0.520. The Morgan fingerprint density at radius 2 is 1.76 bits per heavy atom. The lowest BCUT2D eigenvalue weighted by Crippen LogP contribution is -2.54. The maximum atomic E-state index is 12.9. The number of amides is 3. The maximum absolute atomic E-state index is 12.9. The van der Waals surface area contributed by atoms with Gasteiger partial charge in [0.2, 0.25) is 17.7 Å². The molecule has 4 rings (SSSR count). The van der Waals surface area contributed by atoms with Crippen molar-refractivity contribution in [1.82, 2.24) is 19.6 Å². The van der Waals surface area contributed by atoms with Crippen molar-refractivity contribution in [2.45, 2.75) is 13.0 Å². The summed E-state index contributed by atoms with van der Waals surface area (Å²) in [7, 11) is 0. The molecule has 1 atom stereocenters. The van der Waals surface area contributed by atoms with Gasteiger partial charge in [-0.15, -0.1) is 0 Å². The second-order valence-electron chi connectivity index (χ2n) is 7.85. The Morgan fingerprint density at radius 3 is 2.45 bits per heavy atom. The Kier molecular flexibility index (Phi) is 6.15. The summed E-state index contributed by atoms with van der Waals surface area (Å²) in [5.41, 5.74) is 0. The van der Waals surface area contributed by atoms with Crippen molar-refractivity contribution in [1.29, 1.82) is 0 Å². The topological polar surface area (TPSA) is 86.5 Å². The third-order valence-electron chi connectivity index (χ3n) is 5.90. The second kappa shape index (κ2) is 8.96. The Labute approximate surface area is 170 Å². The molecule has 0 N–H and O–H groups in total. The van der Waals surface area contributed by atoms with Gasteiger partial charge in [0.25, 0.3) is 0 Å².